The largest absolute Gasteiger partial charge is 0.497 e. The molecule has 0 saturated carbocycles. The Bertz CT molecular complexity index is 1370. The van der Waals surface area contributed by atoms with Gasteiger partial charge in [-0.2, -0.15) is 0 Å². The maximum Gasteiger partial charge on any atom is 0.269 e. The van der Waals surface area contributed by atoms with E-state index in [-0.39, 0.29) is 5.75 Å². The van der Waals surface area contributed by atoms with E-state index in [0.29, 0.717) is 33.8 Å². The van der Waals surface area contributed by atoms with E-state index in [1.54, 1.807) is 45.6 Å². The van der Waals surface area contributed by atoms with Crippen LogP contribution in [0, 0.1) is 0 Å². The number of hydrogen-bond acceptors (Lipinski definition) is 8. The summed E-state index contributed by atoms with van der Waals surface area (Å²) >= 11 is 1.18. The van der Waals surface area contributed by atoms with Crippen LogP contribution in [0.2, 0.25) is 0 Å². The first-order valence-corrected chi connectivity index (χ1v) is 12.1. The van der Waals surface area contributed by atoms with Crippen LogP contribution >= 0.6 is 11.8 Å². The summed E-state index contributed by atoms with van der Waals surface area (Å²) in [6.45, 7) is 0. The molecule has 2 amide bonds. The minimum absolute atomic E-state index is 0.0108. The molecule has 190 valence electrons. The van der Waals surface area contributed by atoms with Crippen LogP contribution in [-0.2, 0) is 4.79 Å². The Morgan fingerprint density at radius 2 is 1.46 bits per heavy atom. The first kappa shape index (κ1) is 25.6. The number of hydrazine groups is 1. The van der Waals surface area contributed by atoms with Gasteiger partial charge in [-0.05, 0) is 60.7 Å². The van der Waals surface area contributed by atoms with Crippen molar-refractivity contribution in [3.8, 4) is 34.3 Å². The lowest BCUT2D eigenvalue weighted by atomic mass is 10.2. The van der Waals surface area contributed by atoms with Crippen LogP contribution in [0.25, 0.3) is 17.1 Å². The number of nitrogens with one attached hydrogen (secondary N) is 2. The number of thioether (sulfide) groups is 1. The van der Waals surface area contributed by atoms with E-state index >= 15 is 0 Å². The van der Waals surface area contributed by atoms with Gasteiger partial charge < -0.3 is 14.2 Å². The quantitative estimate of drug-likeness (QED) is 0.255. The molecule has 0 bridgehead atoms. The van der Waals surface area contributed by atoms with Crippen molar-refractivity contribution in [1.29, 1.82) is 0 Å². The summed E-state index contributed by atoms with van der Waals surface area (Å²) in [6.07, 6.45) is 0. The molecule has 0 aliphatic carbocycles. The van der Waals surface area contributed by atoms with Crippen LogP contribution in [0.5, 0.6) is 17.2 Å². The lowest BCUT2D eigenvalue weighted by molar-refractivity contribution is -0.119. The van der Waals surface area contributed by atoms with Crippen LogP contribution in [0.4, 0.5) is 0 Å². The minimum atomic E-state index is -0.444. The second-order valence-corrected chi connectivity index (χ2v) is 8.50. The van der Waals surface area contributed by atoms with Crippen molar-refractivity contribution in [2.75, 3.05) is 27.1 Å². The fraction of sp³-hybridized carbons (Fsp3) is 0.154. The number of methoxy groups -OCH3 is 3. The molecule has 0 unspecified atom stereocenters. The fourth-order valence-electron chi connectivity index (χ4n) is 3.44. The molecule has 0 aliphatic rings. The molecule has 0 spiro atoms. The molecule has 4 aromatic rings. The minimum Gasteiger partial charge on any atom is -0.497 e. The van der Waals surface area contributed by atoms with E-state index < -0.39 is 11.8 Å². The topological polar surface area (TPSA) is 117 Å². The molecular formula is C26H25N5O5S. The zero-order valence-corrected chi connectivity index (χ0v) is 21.2. The summed E-state index contributed by atoms with van der Waals surface area (Å²) in [4.78, 5) is 24.8. The number of carbonyl (C=O) groups excluding carboxylic acids is 2. The summed E-state index contributed by atoms with van der Waals surface area (Å²) in [5.41, 5.74) is 6.75. The van der Waals surface area contributed by atoms with Gasteiger partial charge in [-0.3, -0.25) is 25.0 Å². The summed E-state index contributed by atoms with van der Waals surface area (Å²) in [5.74, 6) is 1.67. The second kappa shape index (κ2) is 12.0. The van der Waals surface area contributed by atoms with Crippen molar-refractivity contribution >= 4 is 23.6 Å². The first-order chi connectivity index (χ1) is 18.0. The summed E-state index contributed by atoms with van der Waals surface area (Å²) < 4.78 is 17.7. The molecule has 0 aliphatic heterocycles. The number of hydrogen-bond donors (Lipinski definition) is 2. The third-order valence-electron chi connectivity index (χ3n) is 5.31. The van der Waals surface area contributed by atoms with Gasteiger partial charge in [0.2, 0.25) is 5.91 Å². The van der Waals surface area contributed by atoms with Crippen molar-refractivity contribution in [2.45, 2.75) is 5.16 Å². The Morgan fingerprint density at radius 3 is 2.11 bits per heavy atom. The fourth-order valence-corrected chi connectivity index (χ4v) is 4.19. The molecule has 1 heterocycles. The van der Waals surface area contributed by atoms with Gasteiger partial charge in [0.05, 0.1) is 38.3 Å². The van der Waals surface area contributed by atoms with Crippen LogP contribution in [0.1, 0.15) is 10.4 Å². The van der Waals surface area contributed by atoms with Gasteiger partial charge in [-0.1, -0.05) is 23.9 Å². The van der Waals surface area contributed by atoms with Crippen molar-refractivity contribution < 1.29 is 23.8 Å². The van der Waals surface area contributed by atoms with E-state index in [1.165, 1.54) is 11.8 Å². The van der Waals surface area contributed by atoms with Gasteiger partial charge in [0.1, 0.15) is 17.2 Å². The van der Waals surface area contributed by atoms with Gasteiger partial charge in [-0.25, -0.2) is 0 Å². The lowest BCUT2D eigenvalue weighted by Gasteiger charge is -2.13. The Hall–Kier alpha value is -4.51. The Labute approximate surface area is 217 Å². The first-order valence-electron chi connectivity index (χ1n) is 11.1. The number of nitrogens with zero attached hydrogens (tertiary/aromatic N) is 3. The van der Waals surface area contributed by atoms with E-state index in [9.17, 15) is 9.59 Å². The number of carbonyl (C=O) groups is 2. The number of para-hydroxylation sites is 1. The van der Waals surface area contributed by atoms with E-state index in [2.05, 4.69) is 21.0 Å². The summed E-state index contributed by atoms with van der Waals surface area (Å²) in [6, 6.07) is 21.4. The molecule has 1 aromatic heterocycles. The SMILES string of the molecule is COc1ccc(C(=O)NNC(=O)CSc2nnc(-c3ccccc3OC)n2-c2ccc(OC)cc2)cc1. The van der Waals surface area contributed by atoms with Gasteiger partial charge in [0, 0.05) is 5.56 Å². The maximum atomic E-state index is 12.5. The van der Waals surface area contributed by atoms with Crippen LogP contribution in [0.3, 0.4) is 0 Å². The third kappa shape index (κ3) is 6.01. The number of amides is 2. The Balaban J connectivity index is 1.50. The average molecular weight is 520 g/mol. The van der Waals surface area contributed by atoms with Crippen LogP contribution in [-0.4, -0.2) is 53.7 Å². The van der Waals surface area contributed by atoms with Gasteiger partial charge in [0.25, 0.3) is 5.91 Å². The number of aromatic nitrogens is 3. The molecule has 4 rings (SSSR count). The van der Waals surface area contributed by atoms with Crippen LogP contribution in [0.15, 0.2) is 78.0 Å². The van der Waals surface area contributed by atoms with Gasteiger partial charge in [-0.15, -0.1) is 10.2 Å². The van der Waals surface area contributed by atoms with Gasteiger partial charge >= 0.3 is 0 Å². The molecular weight excluding hydrogens is 494 g/mol. The average Bonchev–Trinajstić information content (AvgIpc) is 3.38. The zero-order valence-electron chi connectivity index (χ0n) is 20.4. The molecule has 11 heteroatoms. The van der Waals surface area contributed by atoms with Crippen molar-refractivity contribution in [3.05, 3.63) is 78.4 Å². The maximum absolute atomic E-state index is 12.5. The van der Waals surface area contributed by atoms with Crippen molar-refractivity contribution in [2.24, 2.45) is 0 Å². The predicted octanol–water partition coefficient (Wildman–Crippen LogP) is 3.51. The highest BCUT2D eigenvalue weighted by molar-refractivity contribution is 7.99. The van der Waals surface area contributed by atoms with E-state index in [4.69, 9.17) is 14.2 Å². The molecule has 0 atom stereocenters. The Kier molecular flexibility index (Phi) is 8.26. The molecule has 10 nitrogen and oxygen atoms in total. The highest BCUT2D eigenvalue weighted by Gasteiger charge is 2.20. The monoisotopic (exact) mass is 519 g/mol. The van der Waals surface area contributed by atoms with Crippen molar-refractivity contribution in [3.63, 3.8) is 0 Å². The number of rotatable bonds is 9. The molecule has 0 saturated heterocycles. The molecule has 0 radical (unpaired) electrons. The molecule has 2 N–H and O–H groups in total. The number of benzene rings is 3. The molecule has 0 fully saturated rings. The Morgan fingerprint density at radius 1 is 0.811 bits per heavy atom. The molecule has 3 aromatic carbocycles. The molecule has 37 heavy (non-hydrogen) atoms. The third-order valence-corrected chi connectivity index (χ3v) is 6.24. The normalized spacial score (nSPS) is 10.5. The standard InChI is InChI=1S/C26H25N5O5S/c1-34-19-12-8-17(9-13-19)25(33)29-27-23(32)16-37-26-30-28-24(21-6-4-5-7-22(21)36-3)31(26)18-10-14-20(35-2)15-11-18/h4-15H,16H2,1-3H3,(H,27,32)(H,29,33). The highest BCUT2D eigenvalue weighted by Crippen LogP contribution is 2.33. The van der Waals surface area contributed by atoms with E-state index in [0.717, 1.165) is 11.3 Å². The van der Waals surface area contributed by atoms with Crippen molar-refractivity contribution in [1.82, 2.24) is 25.6 Å². The van der Waals surface area contributed by atoms with E-state index in [1.807, 2.05) is 53.1 Å². The predicted molar refractivity (Wildman–Crippen MR) is 139 cm³/mol. The van der Waals surface area contributed by atoms with Gasteiger partial charge in [0.15, 0.2) is 11.0 Å². The summed E-state index contributed by atoms with van der Waals surface area (Å²) in [5, 5.41) is 9.21. The highest BCUT2D eigenvalue weighted by atomic mass is 32.2. The second-order valence-electron chi connectivity index (χ2n) is 7.56. The van der Waals surface area contributed by atoms with Crippen LogP contribution < -0.4 is 25.1 Å². The lowest BCUT2D eigenvalue weighted by Crippen LogP contribution is -2.42. The smallest absolute Gasteiger partial charge is 0.269 e. The number of ether oxygens (including phenoxy) is 3. The zero-order chi connectivity index (χ0) is 26.2. The summed E-state index contributed by atoms with van der Waals surface area (Å²) in [7, 11) is 4.73.